The summed E-state index contributed by atoms with van der Waals surface area (Å²) in [6.45, 7) is 16.0. The van der Waals surface area contributed by atoms with Crippen LogP contribution in [0.25, 0.3) is 11.1 Å². The highest BCUT2D eigenvalue weighted by Gasteiger charge is 2.43. The minimum atomic E-state index is 0.0272. The summed E-state index contributed by atoms with van der Waals surface area (Å²) in [6, 6.07) is 38.0. The molecule has 0 aromatic heterocycles. The van der Waals surface area contributed by atoms with Crippen molar-refractivity contribution in [3.63, 3.8) is 0 Å². The molecule has 208 valence electrons. The van der Waals surface area contributed by atoms with E-state index < -0.39 is 0 Å². The summed E-state index contributed by atoms with van der Waals surface area (Å²) in [5.74, 6) is 1.92. The first-order valence-electron chi connectivity index (χ1n) is 15.1. The molecule has 2 heterocycles. The summed E-state index contributed by atoms with van der Waals surface area (Å²) < 4.78 is 6.76. The first-order valence-corrected chi connectivity index (χ1v) is 15.1. The van der Waals surface area contributed by atoms with Gasteiger partial charge in [-0.05, 0) is 86.7 Å². The van der Waals surface area contributed by atoms with Crippen molar-refractivity contribution in [2.75, 3.05) is 4.90 Å². The van der Waals surface area contributed by atoms with Gasteiger partial charge in [0.05, 0.1) is 5.69 Å². The van der Waals surface area contributed by atoms with E-state index in [1.165, 1.54) is 61.3 Å². The Morgan fingerprint density at radius 2 is 1.21 bits per heavy atom. The molecular weight excluding hydrogens is 509 g/mol. The van der Waals surface area contributed by atoms with Crippen LogP contribution in [0.3, 0.4) is 0 Å². The average molecular weight is 548 g/mol. The van der Waals surface area contributed by atoms with Crippen LogP contribution in [-0.4, -0.2) is 6.71 Å². The zero-order valence-corrected chi connectivity index (χ0v) is 25.7. The molecule has 0 amide bonds. The fourth-order valence-corrected chi connectivity index (χ4v) is 6.61. The Labute approximate surface area is 251 Å². The van der Waals surface area contributed by atoms with Gasteiger partial charge in [0.15, 0.2) is 0 Å². The Kier molecular flexibility index (Phi) is 5.96. The molecule has 5 aromatic rings. The molecule has 5 aromatic carbocycles. The van der Waals surface area contributed by atoms with Gasteiger partial charge in [-0.15, -0.1) is 0 Å². The van der Waals surface area contributed by atoms with Crippen LogP contribution in [0.2, 0.25) is 0 Å². The van der Waals surface area contributed by atoms with Crippen LogP contribution in [-0.2, 0) is 10.8 Å². The van der Waals surface area contributed by atoms with E-state index in [4.69, 9.17) is 4.74 Å². The van der Waals surface area contributed by atoms with Crippen LogP contribution in [0.1, 0.15) is 58.2 Å². The molecule has 2 nitrogen and oxygen atoms in total. The molecule has 0 spiro atoms. The van der Waals surface area contributed by atoms with Crippen molar-refractivity contribution in [2.45, 2.75) is 59.3 Å². The number of nitrogens with zero attached hydrogens (tertiary/aromatic N) is 1. The molecule has 7 rings (SSSR count). The molecule has 0 aliphatic carbocycles. The second-order valence-corrected chi connectivity index (χ2v) is 14.0. The van der Waals surface area contributed by atoms with E-state index in [-0.39, 0.29) is 17.5 Å². The minimum absolute atomic E-state index is 0.0272. The lowest BCUT2D eigenvalue weighted by atomic mass is 9.33. The molecule has 0 radical (unpaired) electrons. The fraction of sp³-hybridized carbons (Fsp3) is 0.231. The molecule has 42 heavy (non-hydrogen) atoms. The van der Waals surface area contributed by atoms with Crippen LogP contribution in [0.5, 0.6) is 11.5 Å². The molecule has 0 bridgehead atoms. The van der Waals surface area contributed by atoms with E-state index in [1.54, 1.807) is 0 Å². The van der Waals surface area contributed by atoms with E-state index in [0.29, 0.717) is 0 Å². The van der Waals surface area contributed by atoms with Gasteiger partial charge < -0.3 is 9.64 Å². The summed E-state index contributed by atoms with van der Waals surface area (Å²) >= 11 is 0. The Morgan fingerprint density at radius 1 is 0.571 bits per heavy atom. The lowest BCUT2D eigenvalue weighted by Gasteiger charge is -2.41. The summed E-state index contributed by atoms with van der Waals surface area (Å²) in [4.78, 5) is 2.48. The molecule has 3 heteroatoms. The Balaban J connectivity index is 1.56. The predicted octanol–water partition coefficient (Wildman–Crippen LogP) is 8.66. The third kappa shape index (κ3) is 4.26. The minimum Gasteiger partial charge on any atom is -0.458 e. The second-order valence-electron chi connectivity index (χ2n) is 14.0. The van der Waals surface area contributed by atoms with Gasteiger partial charge in [-0.25, -0.2) is 0 Å². The third-order valence-corrected chi connectivity index (χ3v) is 8.88. The van der Waals surface area contributed by atoms with Crippen LogP contribution >= 0.6 is 0 Å². The fourth-order valence-electron chi connectivity index (χ4n) is 6.61. The maximum atomic E-state index is 6.76. The molecule has 0 N–H and O–H groups in total. The predicted molar refractivity (Wildman–Crippen MR) is 180 cm³/mol. The number of hydrogen-bond donors (Lipinski definition) is 0. The number of para-hydroxylation sites is 1. The zero-order chi connectivity index (χ0) is 29.4. The van der Waals surface area contributed by atoms with Crippen LogP contribution in [0.15, 0.2) is 103 Å². The molecule has 2 aliphatic heterocycles. The quantitative estimate of drug-likeness (QED) is 0.201. The normalized spacial score (nSPS) is 13.7. The highest BCUT2D eigenvalue weighted by Crippen LogP contribution is 2.45. The molecule has 0 fully saturated rings. The smallest absolute Gasteiger partial charge is 0.256 e. The zero-order valence-electron chi connectivity index (χ0n) is 25.7. The van der Waals surface area contributed by atoms with Gasteiger partial charge in [-0.3, -0.25) is 0 Å². The van der Waals surface area contributed by atoms with Gasteiger partial charge in [-0.1, -0.05) is 114 Å². The largest absolute Gasteiger partial charge is 0.458 e. The third-order valence-electron chi connectivity index (χ3n) is 8.88. The average Bonchev–Trinajstić information content (AvgIpc) is 2.96. The van der Waals surface area contributed by atoms with E-state index in [9.17, 15) is 0 Å². The maximum absolute atomic E-state index is 6.76. The highest BCUT2D eigenvalue weighted by molar-refractivity contribution is 6.99. The number of benzene rings is 5. The van der Waals surface area contributed by atoms with Gasteiger partial charge in [0.2, 0.25) is 0 Å². The van der Waals surface area contributed by atoms with E-state index >= 15 is 0 Å². The maximum Gasteiger partial charge on any atom is 0.256 e. The molecule has 0 saturated heterocycles. The molecule has 0 unspecified atom stereocenters. The topological polar surface area (TPSA) is 12.5 Å². The first-order chi connectivity index (χ1) is 20.0. The van der Waals surface area contributed by atoms with Gasteiger partial charge in [-0.2, -0.15) is 0 Å². The summed E-state index contributed by atoms with van der Waals surface area (Å²) in [6.07, 6.45) is 0. The van der Waals surface area contributed by atoms with Crippen molar-refractivity contribution in [1.29, 1.82) is 0 Å². The number of fused-ring (bicyclic) bond motifs is 4. The van der Waals surface area contributed by atoms with Crippen molar-refractivity contribution in [3.05, 3.63) is 120 Å². The Morgan fingerprint density at radius 3 is 1.93 bits per heavy atom. The monoisotopic (exact) mass is 547 g/mol. The lowest BCUT2D eigenvalue weighted by Crippen LogP contribution is -2.60. The van der Waals surface area contributed by atoms with E-state index in [1.807, 2.05) is 0 Å². The second kappa shape index (κ2) is 9.39. The Hall–Kier alpha value is -4.24. The highest BCUT2D eigenvalue weighted by atomic mass is 16.5. The first kappa shape index (κ1) is 26.7. The van der Waals surface area contributed by atoms with E-state index in [2.05, 4.69) is 156 Å². The molecule has 0 atom stereocenters. The molecule has 0 saturated carbocycles. The van der Waals surface area contributed by atoms with Gasteiger partial charge in [0, 0.05) is 16.9 Å². The number of hydrogen-bond acceptors (Lipinski definition) is 2. The number of ether oxygens (including phenoxy) is 1. The summed E-state index contributed by atoms with van der Waals surface area (Å²) in [5.41, 5.74) is 13.8. The van der Waals surface area contributed by atoms with Crippen molar-refractivity contribution >= 4 is 40.2 Å². The van der Waals surface area contributed by atoms with Gasteiger partial charge in [0.1, 0.15) is 11.5 Å². The lowest BCUT2D eigenvalue weighted by molar-refractivity contribution is 0.486. The van der Waals surface area contributed by atoms with E-state index in [0.717, 1.165) is 11.5 Å². The number of anilines is 3. The van der Waals surface area contributed by atoms with Gasteiger partial charge >= 0.3 is 0 Å². The van der Waals surface area contributed by atoms with Crippen molar-refractivity contribution in [2.24, 2.45) is 0 Å². The van der Waals surface area contributed by atoms with Crippen LogP contribution in [0.4, 0.5) is 17.1 Å². The standard InChI is InChI=1S/C39H38BNO/c1-25-21-34-37-36(22-25)42-35-20-18-28(39(5,6)7)24-31(35)40(37)30-23-27(38(2,3)4)17-19-33(30)41(34)32-16-12-11-15-29(32)26-13-9-8-10-14-26/h8-24H,1-7H3. The number of aryl methyl sites for hydroxylation is 1. The summed E-state index contributed by atoms with van der Waals surface area (Å²) in [5, 5.41) is 0. The summed E-state index contributed by atoms with van der Waals surface area (Å²) in [7, 11) is 0. The number of rotatable bonds is 2. The van der Waals surface area contributed by atoms with Crippen molar-refractivity contribution in [1.82, 2.24) is 0 Å². The van der Waals surface area contributed by atoms with Crippen LogP contribution < -0.4 is 26.0 Å². The molecule has 2 aliphatic rings. The van der Waals surface area contributed by atoms with Crippen molar-refractivity contribution in [3.8, 4) is 22.6 Å². The van der Waals surface area contributed by atoms with Crippen LogP contribution in [0, 0.1) is 6.92 Å². The molecular formula is C39H38BNO. The Bertz CT molecular complexity index is 1840. The SMILES string of the molecule is Cc1cc2c3c(c1)N(c1ccccc1-c1ccccc1)c1ccc(C(C)(C)C)cc1B3c1cc(C(C)(C)C)ccc1O2. The van der Waals surface area contributed by atoms with Crippen molar-refractivity contribution < 1.29 is 4.74 Å². The van der Waals surface area contributed by atoms with Gasteiger partial charge in [0.25, 0.3) is 6.71 Å².